The second kappa shape index (κ2) is 5.65. The molecule has 0 aliphatic rings. The van der Waals surface area contributed by atoms with Crippen LogP contribution in [-0.4, -0.2) is 18.4 Å². The van der Waals surface area contributed by atoms with Gasteiger partial charge < -0.3 is 4.74 Å². The molecule has 0 saturated heterocycles. The fraction of sp³-hybridized carbons (Fsp3) is 0.500. The largest absolute Gasteiger partial charge is 0.460 e. The highest BCUT2D eigenvalue weighted by atomic mass is 16.5. The number of hydrogen-bond acceptors (Lipinski definition) is 3. The van der Waals surface area contributed by atoms with E-state index in [0.717, 1.165) is 18.9 Å². The van der Waals surface area contributed by atoms with Gasteiger partial charge in [-0.2, -0.15) is 0 Å². The number of esters is 1. The third-order valence-electron chi connectivity index (χ3n) is 1.12. The molecular formula is C8H12O3. The van der Waals surface area contributed by atoms with Gasteiger partial charge in [-0.1, -0.05) is 19.9 Å². The molecule has 0 aromatic heterocycles. The predicted octanol–water partition coefficient (Wildman–Crippen LogP) is 1.08. The quantitative estimate of drug-likeness (QED) is 0.259. The van der Waals surface area contributed by atoms with E-state index in [1.54, 1.807) is 0 Å². The molecule has 0 heterocycles. The van der Waals surface area contributed by atoms with Gasteiger partial charge in [-0.3, -0.25) is 4.79 Å². The topological polar surface area (TPSA) is 43.4 Å². The highest BCUT2D eigenvalue weighted by molar-refractivity contribution is 6.38. The normalized spacial score (nSPS) is 8.82. The van der Waals surface area contributed by atoms with Gasteiger partial charge in [0.05, 0.1) is 6.61 Å². The number of ketones is 1. The third-order valence-corrected chi connectivity index (χ3v) is 1.12. The standard InChI is InChI=1S/C8H12O3/c1-3-5-6-11-8(10)7(9)4-2/h4H,2-3,5-6H2,1H3. The van der Waals surface area contributed by atoms with Gasteiger partial charge in [0.25, 0.3) is 5.78 Å². The molecule has 0 N–H and O–H groups in total. The van der Waals surface area contributed by atoms with Crippen LogP contribution in [0.25, 0.3) is 0 Å². The second-order valence-corrected chi connectivity index (χ2v) is 2.06. The van der Waals surface area contributed by atoms with E-state index in [4.69, 9.17) is 0 Å². The summed E-state index contributed by atoms with van der Waals surface area (Å²) in [6.07, 6.45) is 2.68. The fourth-order valence-corrected chi connectivity index (χ4v) is 0.464. The summed E-state index contributed by atoms with van der Waals surface area (Å²) >= 11 is 0. The van der Waals surface area contributed by atoms with Crippen molar-refractivity contribution in [1.29, 1.82) is 0 Å². The van der Waals surface area contributed by atoms with Crippen LogP contribution in [0.3, 0.4) is 0 Å². The zero-order valence-corrected chi connectivity index (χ0v) is 6.63. The van der Waals surface area contributed by atoms with Gasteiger partial charge in [0.1, 0.15) is 0 Å². The van der Waals surface area contributed by atoms with Crippen molar-refractivity contribution in [3.05, 3.63) is 12.7 Å². The molecule has 0 aromatic carbocycles. The lowest BCUT2D eigenvalue weighted by Gasteiger charge is -1.98. The van der Waals surface area contributed by atoms with Gasteiger partial charge in [0, 0.05) is 0 Å². The van der Waals surface area contributed by atoms with Crippen LogP contribution < -0.4 is 0 Å². The molecule has 3 heteroatoms. The van der Waals surface area contributed by atoms with Crippen LogP contribution in [0.15, 0.2) is 12.7 Å². The van der Waals surface area contributed by atoms with Crippen LogP contribution in [-0.2, 0) is 14.3 Å². The molecular weight excluding hydrogens is 144 g/mol. The first kappa shape index (κ1) is 9.88. The molecule has 3 nitrogen and oxygen atoms in total. The Balaban J connectivity index is 3.52. The molecule has 62 valence electrons. The Morgan fingerprint density at radius 1 is 1.55 bits per heavy atom. The number of rotatable bonds is 5. The maximum absolute atomic E-state index is 10.6. The van der Waals surface area contributed by atoms with Crippen molar-refractivity contribution < 1.29 is 14.3 Å². The summed E-state index contributed by atoms with van der Waals surface area (Å²) in [6.45, 7) is 5.45. The molecule has 0 fully saturated rings. The fourth-order valence-electron chi connectivity index (χ4n) is 0.464. The van der Waals surface area contributed by atoms with Crippen molar-refractivity contribution in [2.45, 2.75) is 19.8 Å². The van der Waals surface area contributed by atoms with Crippen molar-refractivity contribution in [1.82, 2.24) is 0 Å². The number of carbonyl (C=O) groups excluding carboxylic acids is 2. The van der Waals surface area contributed by atoms with E-state index >= 15 is 0 Å². The lowest BCUT2D eigenvalue weighted by molar-refractivity contribution is -0.151. The molecule has 11 heavy (non-hydrogen) atoms. The van der Waals surface area contributed by atoms with Crippen LogP contribution in [0, 0.1) is 0 Å². The van der Waals surface area contributed by atoms with E-state index in [9.17, 15) is 9.59 Å². The summed E-state index contributed by atoms with van der Waals surface area (Å²) < 4.78 is 4.58. The van der Waals surface area contributed by atoms with Crippen molar-refractivity contribution in [2.75, 3.05) is 6.61 Å². The molecule has 0 spiro atoms. The minimum Gasteiger partial charge on any atom is -0.460 e. The van der Waals surface area contributed by atoms with Crippen LogP contribution in [0.4, 0.5) is 0 Å². The Labute approximate surface area is 66.0 Å². The zero-order valence-electron chi connectivity index (χ0n) is 6.63. The molecule has 0 saturated carbocycles. The Morgan fingerprint density at radius 2 is 2.18 bits per heavy atom. The van der Waals surface area contributed by atoms with E-state index < -0.39 is 11.8 Å². The molecule has 0 radical (unpaired) electrons. The van der Waals surface area contributed by atoms with Crippen LogP contribution in [0.1, 0.15) is 19.8 Å². The van der Waals surface area contributed by atoms with Crippen LogP contribution in [0.5, 0.6) is 0 Å². The van der Waals surface area contributed by atoms with Crippen molar-refractivity contribution in [2.24, 2.45) is 0 Å². The Kier molecular flexibility index (Phi) is 5.07. The van der Waals surface area contributed by atoms with Gasteiger partial charge in [0.2, 0.25) is 0 Å². The Morgan fingerprint density at radius 3 is 2.64 bits per heavy atom. The van der Waals surface area contributed by atoms with E-state index in [2.05, 4.69) is 11.3 Å². The van der Waals surface area contributed by atoms with Gasteiger partial charge in [-0.15, -0.1) is 0 Å². The third kappa shape index (κ3) is 4.31. The van der Waals surface area contributed by atoms with Gasteiger partial charge in [-0.25, -0.2) is 4.79 Å². The first-order valence-corrected chi connectivity index (χ1v) is 3.56. The van der Waals surface area contributed by atoms with Crippen molar-refractivity contribution in [3.8, 4) is 0 Å². The summed E-state index contributed by atoms with van der Waals surface area (Å²) in [6, 6.07) is 0. The number of ether oxygens (including phenoxy) is 1. The molecule has 0 amide bonds. The van der Waals surface area contributed by atoms with Crippen molar-refractivity contribution >= 4 is 11.8 Å². The molecule has 0 aliphatic carbocycles. The van der Waals surface area contributed by atoms with E-state index in [1.807, 2.05) is 6.92 Å². The van der Waals surface area contributed by atoms with Crippen LogP contribution >= 0.6 is 0 Å². The molecule has 0 aromatic rings. The highest BCUT2D eigenvalue weighted by Crippen LogP contribution is 1.89. The summed E-state index contributed by atoms with van der Waals surface area (Å²) in [7, 11) is 0. The van der Waals surface area contributed by atoms with E-state index in [1.165, 1.54) is 0 Å². The monoisotopic (exact) mass is 156 g/mol. The lowest BCUT2D eigenvalue weighted by atomic mass is 10.3. The maximum Gasteiger partial charge on any atom is 0.378 e. The molecule has 0 atom stereocenters. The van der Waals surface area contributed by atoms with Gasteiger partial charge >= 0.3 is 5.97 Å². The van der Waals surface area contributed by atoms with Gasteiger partial charge in [0.15, 0.2) is 0 Å². The number of carbonyl (C=O) groups is 2. The molecule has 0 aliphatic heterocycles. The maximum atomic E-state index is 10.6. The average molecular weight is 156 g/mol. The smallest absolute Gasteiger partial charge is 0.378 e. The molecule has 0 unspecified atom stereocenters. The first-order valence-electron chi connectivity index (χ1n) is 3.56. The van der Waals surface area contributed by atoms with E-state index in [-0.39, 0.29) is 0 Å². The van der Waals surface area contributed by atoms with E-state index in [0.29, 0.717) is 6.61 Å². The first-order chi connectivity index (χ1) is 5.22. The number of unbranched alkanes of at least 4 members (excludes halogenated alkanes) is 1. The zero-order chi connectivity index (χ0) is 8.69. The van der Waals surface area contributed by atoms with Gasteiger partial charge in [-0.05, 0) is 12.5 Å². The highest BCUT2D eigenvalue weighted by Gasteiger charge is 2.09. The second-order valence-electron chi connectivity index (χ2n) is 2.06. The number of hydrogen-bond donors (Lipinski definition) is 0. The molecule has 0 bridgehead atoms. The van der Waals surface area contributed by atoms with Crippen LogP contribution in [0.2, 0.25) is 0 Å². The Bertz CT molecular complexity index is 161. The minimum absolute atomic E-state index is 0.314. The summed E-state index contributed by atoms with van der Waals surface area (Å²) in [4.78, 5) is 21.1. The lowest BCUT2D eigenvalue weighted by Crippen LogP contribution is -2.15. The summed E-state index contributed by atoms with van der Waals surface area (Å²) in [5.74, 6) is -1.49. The summed E-state index contributed by atoms with van der Waals surface area (Å²) in [5.41, 5.74) is 0. The minimum atomic E-state index is -0.812. The SMILES string of the molecule is C=CC(=O)C(=O)OCCCC. The Hall–Kier alpha value is -1.12. The average Bonchev–Trinajstić information content (AvgIpc) is 2.03. The van der Waals surface area contributed by atoms with Crippen molar-refractivity contribution in [3.63, 3.8) is 0 Å². The molecule has 0 rings (SSSR count). The predicted molar refractivity (Wildman–Crippen MR) is 41.1 cm³/mol. The summed E-state index contributed by atoms with van der Waals surface area (Å²) in [5, 5.41) is 0.